The summed E-state index contributed by atoms with van der Waals surface area (Å²) >= 11 is 0. The SMILES string of the molecule is CN(CCc1ccncc1)c1ncc(C(=O)NCCc2ccc(F)cc2)cn1. The molecule has 0 unspecified atom stereocenters. The Labute approximate surface area is 163 Å². The van der Waals surface area contributed by atoms with Crippen molar-refractivity contribution >= 4 is 11.9 Å². The molecule has 7 heteroatoms. The van der Waals surface area contributed by atoms with Crippen molar-refractivity contribution in [3.63, 3.8) is 0 Å². The first-order valence-corrected chi connectivity index (χ1v) is 9.06. The van der Waals surface area contributed by atoms with Crippen LogP contribution < -0.4 is 10.2 Å². The van der Waals surface area contributed by atoms with Gasteiger partial charge in [-0.25, -0.2) is 14.4 Å². The van der Waals surface area contributed by atoms with Gasteiger partial charge in [0.2, 0.25) is 5.95 Å². The number of halogens is 1. The standard InChI is InChI=1S/C21H22FN5O/c1-27(13-9-17-6-10-23-11-7-17)21-25-14-18(15-26-21)20(28)24-12-8-16-2-4-19(22)5-3-16/h2-7,10-11,14-15H,8-9,12-13H2,1H3,(H,24,28). The number of hydrogen-bond acceptors (Lipinski definition) is 5. The molecule has 0 fully saturated rings. The van der Waals surface area contributed by atoms with Crippen LogP contribution in [0.3, 0.4) is 0 Å². The molecule has 2 aromatic heterocycles. The van der Waals surface area contributed by atoms with Crippen molar-refractivity contribution in [3.8, 4) is 0 Å². The number of carbonyl (C=O) groups is 1. The second-order valence-corrected chi connectivity index (χ2v) is 6.43. The van der Waals surface area contributed by atoms with Crippen LogP contribution in [0.25, 0.3) is 0 Å². The summed E-state index contributed by atoms with van der Waals surface area (Å²) < 4.78 is 12.9. The highest BCUT2D eigenvalue weighted by atomic mass is 19.1. The molecule has 0 saturated heterocycles. The average molecular weight is 379 g/mol. The lowest BCUT2D eigenvalue weighted by molar-refractivity contribution is 0.0953. The number of anilines is 1. The fraction of sp³-hybridized carbons (Fsp3) is 0.238. The predicted octanol–water partition coefficient (Wildman–Crippen LogP) is 2.66. The number of benzene rings is 1. The van der Waals surface area contributed by atoms with Gasteiger partial charge < -0.3 is 10.2 Å². The Morgan fingerprint density at radius 3 is 2.32 bits per heavy atom. The fourth-order valence-electron chi connectivity index (χ4n) is 2.66. The highest BCUT2D eigenvalue weighted by Crippen LogP contribution is 2.08. The zero-order valence-electron chi connectivity index (χ0n) is 15.7. The molecule has 0 bridgehead atoms. The molecular weight excluding hydrogens is 357 g/mol. The van der Waals surface area contributed by atoms with Crippen LogP contribution in [0.5, 0.6) is 0 Å². The van der Waals surface area contributed by atoms with Gasteiger partial charge >= 0.3 is 0 Å². The average Bonchev–Trinajstić information content (AvgIpc) is 2.74. The molecule has 0 aliphatic rings. The van der Waals surface area contributed by atoms with Crippen molar-refractivity contribution in [2.75, 3.05) is 25.0 Å². The number of amides is 1. The van der Waals surface area contributed by atoms with Crippen LogP contribution in [-0.4, -0.2) is 41.0 Å². The summed E-state index contributed by atoms with van der Waals surface area (Å²) in [6, 6.07) is 10.2. The Hall–Kier alpha value is -3.35. The van der Waals surface area contributed by atoms with Gasteiger partial charge in [-0.15, -0.1) is 0 Å². The van der Waals surface area contributed by atoms with Crippen molar-refractivity contribution in [2.24, 2.45) is 0 Å². The van der Waals surface area contributed by atoms with E-state index in [0.29, 0.717) is 24.5 Å². The van der Waals surface area contributed by atoms with Gasteiger partial charge in [0.05, 0.1) is 5.56 Å². The van der Waals surface area contributed by atoms with Crippen LogP contribution in [0, 0.1) is 5.82 Å². The number of aromatic nitrogens is 3. The quantitative estimate of drug-likeness (QED) is 0.652. The van der Waals surface area contributed by atoms with E-state index in [2.05, 4.69) is 20.3 Å². The van der Waals surface area contributed by atoms with Crippen molar-refractivity contribution in [2.45, 2.75) is 12.8 Å². The first kappa shape index (κ1) is 19.4. The highest BCUT2D eigenvalue weighted by molar-refractivity contribution is 5.93. The number of likely N-dealkylation sites (N-methyl/N-ethyl adjacent to an activating group) is 1. The topological polar surface area (TPSA) is 71.0 Å². The smallest absolute Gasteiger partial charge is 0.254 e. The summed E-state index contributed by atoms with van der Waals surface area (Å²) in [6.45, 7) is 1.21. The van der Waals surface area contributed by atoms with Crippen LogP contribution in [0.2, 0.25) is 0 Å². The normalized spacial score (nSPS) is 10.5. The summed E-state index contributed by atoms with van der Waals surface area (Å²) in [6.07, 6.45) is 8.08. The largest absolute Gasteiger partial charge is 0.352 e. The lowest BCUT2D eigenvalue weighted by atomic mass is 10.1. The molecule has 144 valence electrons. The molecule has 0 atom stereocenters. The van der Waals surface area contributed by atoms with Gasteiger partial charge in [-0.2, -0.15) is 0 Å². The van der Waals surface area contributed by atoms with Gasteiger partial charge in [-0.05, 0) is 48.2 Å². The van der Waals surface area contributed by atoms with Crippen LogP contribution in [0.4, 0.5) is 10.3 Å². The van der Waals surface area contributed by atoms with Crippen molar-refractivity contribution in [1.82, 2.24) is 20.3 Å². The monoisotopic (exact) mass is 379 g/mol. The van der Waals surface area contributed by atoms with Crippen LogP contribution >= 0.6 is 0 Å². The zero-order chi connectivity index (χ0) is 19.8. The third kappa shape index (κ3) is 5.57. The molecular formula is C21H22FN5O. The van der Waals surface area contributed by atoms with Gasteiger partial charge in [-0.3, -0.25) is 9.78 Å². The Morgan fingerprint density at radius 1 is 1.00 bits per heavy atom. The van der Waals surface area contributed by atoms with Gasteiger partial charge in [-0.1, -0.05) is 12.1 Å². The highest BCUT2D eigenvalue weighted by Gasteiger charge is 2.09. The molecule has 0 aliphatic heterocycles. The van der Waals surface area contributed by atoms with Gasteiger partial charge in [0.15, 0.2) is 0 Å². The molecule has 3 rings (SSSR count). The van der Waals surface area contributed by atoms with E-state index in [1.54, 1.807) is 24.5 Å². The molecule has 6 nitrogen and oxygen atoms in total. The first-order chi connectivity index (χ1) is 13.6. The predicted molar refractivity (Wildman–Crippen MR) is 106 cm³/mol. The maximum Gasteiger partial charge on any atom is 0.254 e. The fourth-order valence-corrected chi connectivity index (χ4v) is 2.66. The van der Waals surface area contributed by atoms with E-state index in [4.69, 9.17) is 0 Å². The van der Waals surface area contributed by atoms with E-state index >= 15 is 0 Å². The number of carbonyl (C=O) groups excluding carboxylic acids is 1. The van der Waals surface area contributed by atoms with Gasteiger partial charge in [0.1, 0.15) is 5.82 Å². The maximum atomic E-state index is 12.9. The van der Waals surface area contributed by atoms with Crippen LogP contribution in [0.15, 0.2) is 61.2 Å². The minimum absolute atomic E-state index is 0.229. The molecule has 1 N–H and O–H groups in total. The Morgan fingerprint density at radius 2 is 1.64 bits per heavy atom. The van der Waals surface area contributed by atoms with Crippen molar-refractivity contribution < 1.29 is 9.18 Å². The maximum absolute atomic E-state index is 12.9. The molecule has 1 amide bonds. The molecule has 0 saturated carbocycles. The lowest BCUT2D eigenvalue weighted by Gasteiger charge is -2.16. The van der Waals surface area contributed by atoms with Crippen molar-refractivity contribution in [1.29, 1.82) is 0 Å². The van der Waals surface area contributed by atoms with E-state index in [0.717, 1.165) is 18.5 Å². The number of nitrogens with one attached hydrogen (secondary N) is 1. The summed E-state index contributed by atoms with van der Waals surface area (Å²) in [7, 11) is 1.92. The lowest BCUT2D eigenvalue weighted by Crippen LogP contribution is -2.27. The van der Waals surface area contributed by atoms with E-state index in [-0.39, 0.29) is 11.7 Å². The minimum atomic E-state index is -0.268. The van der Waals surface area contributed by atoms with Crippen LogP contribution in [0.1, 0.15) is 21.5 Å². The molecule has 28 heavy (non-hydrogen) atoms. The van der Waals surface area contributed by atoms with Crippen LogP contribution in [-0.2, 0) is 12.8 Å². The third-order valence-electron chi connectivity index (χ3n) is 4.34. The van der Waals surface area contributed by atoms with Gasteiger partial charge in [0.25, 0.3) is 5.91 Å². The molecule has 0 spiro atoms. The number of rotatable bonds is 8. The third-order valence-corrected chi connectivity index (χ3v) is 4.34. The number of hydrogen-bond donors (Lipinski definition) is 1. The summed E-state index contributed by atoms with van der Waals surface area (Å²) in [5.74, 6) is 0.0702. The molecule has 2 heterocycles. The second kappa shape index (κ2) is 9.55. The number of nitrogens with zero attached hydrogens (tertiary/aromatic N) is 4. The van der Waals surface area contributed by atoms with E-state index in [1.165, 1.54) is 30.1 Å². The molecule has 1 aromatic carbocycles. The molecule has 3 aromatic rings. The first-order valence-electron chi connectivity index (χ1n) is 9.06. The Kier molecular flexibility index (Phi) is 6.62. The number of pyridine rings is 1. The Balaban J connectivity index is 1.47. The van der Waals surface area contributed by atoms with Crippen molar-refractivity contribution in [3.05, 3.63) is 83.7 Å². The second-order valence-electron chi connectivity index (χ2n) is 6.43. The zero-order valence-corrected chi connectivity index (χ0v) is 15.7. The van der Waals surface area contributed by atoms with E-state index < -0.39 is 0 Å². The summed E-state index contributed by atoms with van der Waals surface area (Å²) in [4.78, 5) is 26.7. The Bertz CT molecular complexity index is 885. The molecule has 0 aliphatic carbocycles. The summed E-state index contributed by atoms with van der Waals surface area (Å²) in [5, 5.41) is 2.83. The van der Waals surface area contributed by atoms with E-state index in [1.807, 2.05) is 24.1 Å². The van der Waals surface area contributed by atoms with Gasteiger partial charge in [0, 0.05) is 44.9 Å². The summed E-state index contributed by atoms with van der Waals surface area (Å²) in [5.41, 5.74) is 2.56. The molecule has 0 radical (unpaired) electrons. The van der Waals surface area contributed by atoms with E-state index in [9.17, 15) is 9.18 Å². The minimum Gasteiger partial charge on any atom is -0.352 e.